The predicted octanol–water partition coefficient (Wildman–Crippen LogP) is 2.15. The third-order valence-electron chi connectivity index (χ3n) is 1.81. The third kappa shape index (κ3) is 2.39. The quantitative estimate of drug-likeness (QED) is 0.835. The Morgan fingerprint density at radius 2 is 2.07 bits per heavy atom. The molecule has 78 valence electrons. The minimum atomic E-state index is -3.65. The summed E-state index contributed by atoms with van der Waals surface area (Å²) in [5, 5.41) is 5.63. The van der Waals surface area contributed by atoms with Gasteiger partial charge in [-0.15, -0.1) is 0 Å². The lowest BCUT2D eigenvalue weighted by molar-refractivity contribution is 0.597. The van der Waals surface area contributed by atoms with Crippen molar-refractivity contribution in [2.45, 2.75) is 18.2 Å². The maximum absolute atomic E-state index is 11.2. The van der Waals surface area contributed by atoms with Gasteiger partial charge in [-0.2, -0.15) is 0 Å². The minimum absolute atomic E-state index is 0.138. The molecule has 1 rings (SSSR count). The molecule has 2 N–H and O–H groups in total. The molecule has 0 atom stereocenters. The van der Waals surface area contributed by atoms with E-state index in [1.54, 1.807) is 6.07 Å². The van der Waals surface area contributed by atoms with E-state index in [-0.39, 0.29) is 4.90 Å². The Labute approximate surface area is 102 Å². The molecule has 0 heterocycles. The number of halogens is 2. The van der Waals surface area contributed by atoms with Gasteiger partial charge in [-0.1, -0.05) is 18.5 Å². The van der Waals surface area contributed by atoms with Gasteiger partial charge in [-0.25, -0.2) is 13.6 Å². The fourth-order valence-electron chi connectivity index (χ4n) is 1.12. The number of hydrogen-bond donors (Lipinski definition) is 1. The normalized spacial score (nSPS) is 11.7. The lowest BCUT2D eigenvalue weighted by Crippen LogP contribution is -2.14. The van der Waals surface area contributed by atoms with Gasteiger partial charge in [0, 0.05) is 8.59 Å². The second-order valence-electron chi connectivity index (χ2n) is 2.74. The largest absolute Gasteiger partial charge is 0.239 e. The summed E-state index contributed by atoms with van der Waals surface area (Å²) in [6.07, 6.45) is 0.681. The van der Waals surface area contributed by atoms with Crippen LogP contribution in [0.4, 0.5) is 0 Å². The van der Waals surface area contributed by atoms with Gasteiger partial charge >= 0.3 is 0 Å². The number of hydrogen-bond acceptors (Lipinski definition) is 2. The van der Waals surface area contributed by atoms with Crippen LogP contribution < -0.4 is 5.14 Å². The molecule has 0 saturated heterocycles. The van der Waals surface area contributed by atoms with Crippen LogP contribution in [0.1, 0.15) is 12.5 Å². The molecule has 1 aromatic carbocycles. The van der Waals surface area contributed by atoms with Crippen LogP contribution in [-0.4, -0.2) is 8.42 Å². The third-order valence-corrected chi connectivity index (χ3v) is 4.72. The summed E-state index contributed by atoms with van der Waals surface area (Å²) < 4.78 is 22.9. The van der Waals surface area contributed by atoms with Crippen LogP contribution in [0.15, 0.2) is 17.0 Å². The van der Waals surface area contributed by atoms with Crippen molar-refractivity contribution in [1.82, 2.24) is 0 Å². The molecule has 0 bridgehead atoms. The molecule has 0 aromatic heterocycles. The second-order valence-corrected chi connectivity index (χ2v) is 5.75. The summed E-state index contributed by atoms with van der Waals surface area (Å²) in [6, 6.07) is 2.99. The van der Waals surface area contributed by atoms with Crippen molar-refractivity contribution in [3.05, 3.63) is 26.3 Å². The Morgan fingerprint density at radius 3 is 2.50 bits per heavy atom. The van der Waals surface area contributed by atoms with Crippen LogP contribution in [0.5, 0.6) is 0 Å². The standard InChI is InChI=1S/C8H9ClINO2S/c1-2-5-6(9)3-4-7(8(5)10)14(11,12)13/h3-4H,2H2,1H3,(H2,11,12,13). The van der Waals surface area contributed by atoms with Crippen molar-refractivity contribution >= 4 is 44.2 Å². The average molecular weight is 346 g/mol. The van der Waals surface area contributed by atoms with E-state index < -0.39 is 10.0 Å². The maximum Gasteiger partial charge on any atom is 0.239 e. The monoisotopic (exact) mass is 345 g/mol. The predicted molar refractivity (Wildman–Crippen MR) is 64.9 cm³/mol. The first kappa shape index (κ1) is 12.2. The van der Waals surface area contributed by atoms with Crippen molar-refractivity contribution in [3.8, 4) is 0 Å². The molecule has 14 heavy (non-hydrogen) atoms. The maximum atomic E-state index is 11.2. The first-order chi connectivity index (χ1) is 6.38. The van der Waals surface area contributed by atoms with E-state index >= 15 is 0 Å². The van der Waals surface area contributed by atoms with E-state index in [2.05, 4.69) is 0 Å². The van der Waals surface area contributed by atoms with Crippen LogP contribution in [-0.2, 0) is 16.4 Å². The molecule has 6 heteroatoms. The fourth-order valence-corrected chi connectivity index (χ4v) is 3.97. The Hall–Kier alpha value is 0.150. The van der Waals surface area contributed by atoms with E-state index in [0.29, 0.717) is 15.0 Å². The molecule has 0 saturated carbocycles. The van der Waals surface area contributed by atoms with Gasteiger partial charge in [-0.05, 0) is 46.7 Å². The van der Waals surface area contributed by atoms with Crippen molar-refractivity contribution in [2.24, 2.45) is 5.14 Å². The average Bonchev–Trinajstić information content (AvgIpc) is 2.02. The summed E-state index contributed by atoms with van der Waals surface area (Å²) in [6.45, 7) is 1.91. The molecule has 0 aliphatic rings. The van der Waals surface area contributed by atoms with E-state index in [1.807, 2.05) is 29.5 Å². The molecule has 0 amide bonds. The van der Waals surface area contributed by atoms with Crippen LogP contribution in [0.25, 0.3) is 0 Å². The SMILES string of the molecule is CCc1c(Cl)ccc(S(N)(=O)=O)c1I. The highest BCUT2D eigenvalue weighted by Crippen LogP contribution is 2.27. The molecule has 0 spiro atoms. The summed E-state index contributed by atoms with van der Waals surface area (Å²) in [4.78, 5) is 0.138. The summed E-state index contributed by atoms with van der Waals surface area (Å²) in [7, 11) is -3.65. The number of primary sulfonamides is 1. The second kappa shape index (κ2) is 4.34. The molecule has 3 nitrogen and oxygen atoms in total. The summed E-state index contributed by atoms with van der Waals surface area (Å²) in [5.74, 6) is 0. The van der Waals surface area contributed by atoms with Crippen molar-refractivity contribution in [2.75, 3.05) is 0 Å². The number of sulfonamides is 1. The van der Waals surface area contributed by atoms with Crippen molar-refractivity contribution < 1.29 is 8.42 Å². The summed E-state index contributed by atoms with van der Waals surface area (Å²) >= 11 is 7.86. The molecular weight excluding hydrogens is 337 g/mol. The lowest BCUT2D eigenvalue weighted by atomic mass is 10.2. The van der Waals surface area contributed by atoms with E-state index in [9.17, 15) is 8.42 Å². The molecule has 0 aliphatic heterocycles. The van der Waals surface area contributed by atoms with Gasteiger partial charge in [0.2, 0.25) is 10.0 Å². The Kier molecular flexibility index (Phi) is 3.79. The van der Waals surface area contributed by atoms with Crippen LogP contribution in [0, 0.1) is 3.57 Å². The number of nitrogens with two attached hydrogens (primary N) is 1. The van der Waals surface area contributed by atoms with Gasteiger partial charge in [0.05, 0.1) is 4.90 Å². The first-order valence-corrected chi connectivity index (χ1v) is 6.88. The molecule has 1 aromatic rings. The smallest absolute Gasteiger partial charge is 0.225 e. The van der Waals surface area contributed by atoms with E-state index in [1.165, 1.54) is 6.07 Å². The van der Waals surface area contributed by atoms with E-state index in [4.69, 9.17) is 16.7 Å². The zero-order valence-corrected chi connectivity index (χ0v) is 11.1. The highest BCUT2D eigenvalue weighted by Gasteiger charge is 2.16. The number of rotatable bonds is 2. The molecule has 0 radical (unpaired) electrons. The Morgan fingerprint density at radius 1 is 1.50 bits per heavy atom. The minimum Gasteiger partial charge on any atom is -0.225 e. The molecule has 0 fully saturated rings. The van der Waals surface area contributed by atoms with Crippen molar-refractivity contribution in [3.63, 3.8) is 0 Å². The zero-order chi connectivity index (χ0) is 10.9. The first-order valence-electron chi connectivity index (χ1n) is 3.87. The van der Waals surface area contributed by atoms with Gasteiger partial charge in [0.1, 0.15) is 0 Å². The van der Waals surface area contributed by atoms with Gasteiger partial charge in [-0.3, -0.25) is 0 Å². The van der Waals surface area contributed by atoms with Crippen molar-refractivity contribution in [1.29, 1.82) is 0 Å². The molecular formula is C8H9ClINO2S. The van der Waals surface area contributed by atoms with Gasteiger partial charge in [0.15, 0.2) is 0 Å². The zero-order valence-electron chi connectivity index (χ0n) is 7.42. The number of benzene rings is 1. The van der Waals surface area contributed by atoms with Gasteiger partial charge < -0.3 is 0 Å². The highest BCUT2D eigenvalue weighted by atomic mass is 127. The van der Waals surface area contributed by atoms with Crippen LogP contribution >= 0.6 is 34.2 Å². The van der Waals surface area contributed by atoms with Gasteiger partial charge in [0.25, 0.3) is 0 Å². The Balaban J connectivity index is 3.52. The highest BCUT2D eigenvalue weighted by molar-refractivity contribution is 14.1. The van der Waals surface area contributed by atoms with E-state index in [0.717, 1.165) is 5.56 Å². The fraction of sp³-hybridized carbons (Fsp3) is 0.250. The topological polar surface area (TPSA) is 60.2 Å². The lowest BCUT2D eigenvalue weighted by Gasteiger charge is -2.08. The van der Waals surface area contributed by atoms with Crippen LogP contribution in [0.2, 0.25) is 5.02 Å². The Bertz CT molecular complexity index is 459. The molecule has 0 aliphatic carbocycles. The molecule has 0 unspecified atom stereocenters. The van der Waals surface area contributed by atoms with Crippen LogP contribution in [0.3, 0.4) is 0 Å². The summed E-state index contributed by atoms with van der Waals surface area (Å²) in [5.41, 5.74) is 0.818.